The minimum atomic E-state index is -3.41. The van der Waals surface area contributed by atoms with Crippen LogP contribution in [0.15, 0.2) is 28.8 Å². The van der Waals surface area contributed by atoms with Crippen molar-refractivity contribution in [2.75, 3.05) is 18.8 Å². The summed E-state index contributed by atoms with van der Waals surface area (Å²) in [6.45, 7) is 0.499. The Morgan fingerprint density at radius 1 is 1.19 bits per heavy atom. The first-order chi connectivity index (χ1) is 13.0. The van der Waals surface area contributed by atoms with Gasteiger partial charge in [-0.15, -0.1) is 0 Å². The van der Waals surface area contributed by atoms with Crippen LogP contribution in [0.2, 0.25) is 5.02 Å². The molecule has 0 bridgehead atoms. The molecule has 0 spiro atoms. The quantitative estimate of drug-likeness (QED) is 0.762. The van der Waals surface area contributed by atoms with Crippen molar-refractivity contribution in [2.45, 2.75) is 37.4 Å². The van der Waals surface area contributed by atoms with Crippen LogP contribution in [0, 0.1) is 0 Å². The third kappa shape index (κ3) is 3.50. The highest BCUT2D eigenvalue weighted by atomic mass is 35.5. The Morgan fingerprint density at radius 3 is 2.78 bits per heavy atom. The van der Waals surface area contributed by atoms with E-state index in [1.807, 2.05) is 0 Å². The van der Waals surface area contributed by atoms with Gasteiger partial charge in [0.05, 0.1) is 11.0 Å². The molecule has 144 valence electrons. The number of benzene rings is 1. The van der Waals surface area contributed by atoms with Gasteiger partial charge in [-0.1, -0.05) is 35.0 Å². The Bertz CT molecular complexity index is 970. The molecule has 1 atom stereocenters. The lowest BCUT2D eigenvalue weighted by atomic mass is 9.96. The lowest BCUT2D eigenvalue weighted by Gasteiger charge is -2.20. The molecule has 6 nitrogen and oxygen atoms in total. The van der Waals surface area contributed by atoms with Crippen molar-refractivity contribution < 1.29 is 17.7 Å². The fourth-order valence-electron chi connectivity index (χ4n) is 3.93. The second-order valence-electron chi connectivity index (χ2n) is 7.10. The van der Waals surface area contributed by atoms with Gasteiger partial charge >= 0.3 is 0 Å². The minimum Gasteiger partial charge on any atom is -0.360 e. The smallest absolute Gasteiger partial charge is 0.276 e. The number of amides is 1. The first-order valence-electron chi connectivity index (χ1n) is 9.20. The molecule has 1 saturated heterocycles. The van der Waals surface area contributed by atoms with Crippen LogP contribution in [-0.4, -0.2) is 43.2 Å². The van der Waals surface area contributed by atoms with Gasteiger partial charge in [0.25, 0.3) is 5.91 Å². The summed E-state index contributed by atoms with van der Waals surface area (Å²) >= 11 is 6.23. The Kier molecular flexibility index (Phi) is 4.99. The van der Waals surface area contributed by atoms with Crippen LogP contribution >= 0.6 is 11.6 Å². The van der Waals surface area contributed by atoms with Gasteiger partial charge in [-0.2, -0.15) is 0 Å². The van der Waals surface area contributed by atoms with Gasteiger partial charge in [0.1, 0.15) is 5.76 Å². The van der Waals surface area contributed by atoms with Crippen LogP contribution in [0.4, 0.5) is 0 Å². The van der Waals surface area contributed by atoms with E-state index in [2.05, 4.69) is 5.16 Å². The number of fused-ring (bicyclic) bond motifs is 1. The highest BCUT2D eigenvalue weighted by Gasteiger charge is 2.35. The predicted molar refractivity (Wildman–Crippen MR) is 102 cm³/mol. The molecule has 1 aromatic carbocycles. The van der Waals surface area contributed by atoms with Crippen molar-refractivity contribution in [1.29, 1.82) is 0 Å². The summed E-state index contributed by atoms with van der Waals surface area (Å²) < 4.78 is 31.0. The molecule has 1 fully saturated rings. The summed E-state index contributed by atoms with van der Waals surface area (Å²) in [5, 5.41) is 3.74. The van der Waals surface area contributed by atoms with Crippen LogP contribution in [0.5, 0.6) is 0 Å². The van der Waals surface area contributed by atoms with Crippen molar-refractivity contribution in [3.63, 3.8) is 0 Å². The number of hydrogen-bond acceptors (Lipinski definition) is 5. The van der Waals surface area contributed by atoms with E-state index >= 15 is 0 Å². The SMILES string of the molecule is O=C(c1noc2c1CCCC2)N1CC[C@@H](c2ccccc2Cl)S(=O)(=O)CC1. The molecule has 1 amide bonds. The van der Waals surface area contributed by atoms with E-state index in [1.165, 1.54) is 0 Å². The predicted octanol–water partition coefficient (Wildman–Crippen LogP) is 3.21. The van der Waals surface area contributed by atoms with Crippen LogP contribution in [0.1, 0.15) is 51.9 Å². The molecule has 0 unspecified atom stereocenters. The first kappa shape index (κ1) is 18.5. The molecule has 4 rings (SSSR count). The Hall–Kier alpha value is -1.86. The maximum Gasteiger partial charge on any atom is 0.276 e. The second kappa shape index (κ2) is 7.28. The van der Waals surface area contributed by atoms with E-state index in [0.29, 0.717) is 29.2 Å². The molecule has 1 aliphatic carbocycles. The van der Waals surface area contributed by atoms with Crippen molar-refractivity contribution in [3.05, 3.63) is 51.9 Å². The fraction of sp³-hybridized carbons (Fsp3) is 0.474. The molecule has 1 aliphatic heterocycles. The first-order valence-corrected chi connectivity index (χ1v) is 11.3. The third-order valence-corrected chi connectivity index (χ3v) is 7.88. The molecule has 0 N–H and O–H groups in total. The summed E-state index contributed by atoms with van der Waals surface area (Å²) in [7, 11) is -3.41. The molecule has 1 aromatic heterocycles. The number of rotatable bonds is 2. The zero-order valence-electron chi connectivity index (χ0n) is 14.9. The van der Waals surface area contributed by atoms with Gasteiger partial charge in [0.2, 0.25) is 0 Å². The van der Waals surface area contributed by atoms with Crippen LogP contribution in [-0.2, 0) is 22.7 Å². The average Bonchev–Trinajstić information content (AvgIpc) is 3.02. The molecule has 8 heteroatoms. The third-order valence-electron chi connectivity index (χ3n) is 5.43. The normalized spacial score (nSPS) is 22.1. The number of aryl methyl sites for hydroxylation is 1. The number of aromatic nitrogens is 1. The second-order valence-corrected chi connectivity index (χ2v) is 9.81. The molecule has 0 radical (unpaired) electrons. The monoisotopic (exact) mass is 408 g/mol. The summed E-state index contributed by atoms with van der Waals surface area (Å²) in [5.41, 5.74) is 1.84. The van der Waals surface area contributed by atoms with Crippen LogP contribution < -0.4 is 0 Å². The van der Waals surface area contributed by atoms with E-state index in [0.717, 1.165) is 37.0 Å². The van der Waals surface area contributed by atoms with Gasteiger partial charge in [0.15, 0.2) is 15.5 Å². The van der Waals surface area contributed by atoms with Crippen LogP contribution in [0.3, 0.4) is 0 Å². The molecule has 2 heterocycles. The molecule has 27 heavy (non-hydrogen) atoms. The van der Waals surface area contributed by atoms with Gasteiger partial charge in [-0.3, -0.25) is 4.79 Å². The average molecular weight is 409 g/mol. The summed E-state index contributed by atoms with van der Waals surface area (Å²) in [4.78, 5) is 14.6. The molecule has 0 saturated carbocycles. The summed E-state index contributed by atoms with van der Waals surface area (Å²) in [6.07, 6.45) is 3.96. The van der Waals surface area contributed by atoms with Crippen molar-refractivity contribution in [1.82, 2.24) is 10.1 Å². The fourth-order valence-corrected chi connectivity index (χ4v) is 6.08. The summed E-state index contributed by atoms with van der Waals surface area (Å²) in [6, 6.07) is 7.00. The maximum absolute atomic E-state index is 13.0. The zero-order chi connectivity index (χ0) is 19.0. The van der Waals surface area contributed by atoms with Crippen LogP contribution in [0.25, 0.3) is 0 Å². The number of hydrogen-bond donors (Lipinski definition) is 0. The molecular formula is C19H21ClN2O4S. The maximum atomic E-state index is 13.0. The van der Waals surface area contributed by atoms with E-state index in [4.69, 9.17) is 16.1 Å². The molecular weight excluding hydrogens is 388 g/mol. The van der Waals surface area contributed by atoms with Gasteiger partial charge in [-0.25, -0.2) is 8.42 Å². The number of carbonyl (C=O) groups excluding carboxylic acids is 1. The van der Waals surface area contributed by atoms with E-state index in [1.54, 1.807) is 29.2 Å². The number of sulfone groups is 1. The number of nitrogens with zero attached hydrogens (tertiary/aromatic N) is 2. The van der Waals surface area contributed by atoms with E-state index in [9.17, 15) is 13.2 Å². The highest BCUT2D eigenvalue weighted by Crippen LogP contribution is 2.34. The Balaban J connectivity index is 1.58. The standard InChI is InChI=1S/C19H21ClN2O4S/c20-15-7-3-1-5-13(15)17-9-10-22(11-12-27(17,24)25)19(23)18-14-6-2-4-8-16(14)26-21-18/h1,3,5,7,17H,2,4,6,8-12H2/t17-/m0/s1. The van der Waals surface area contributed by atoms with Gasteiger partial charge in [-0.05, 0) is 37.3 Å². The van der Waals surface area contributed by atoms with E-state index in [-0.39, 0.29) is 18.2 Å². The summed E-state index contributed by atoms with van der Waals surface area (Å²) in [5.74, 6) is 0.465. The topological polar surface area (TPSA) is 80.5 Å². The van der Waals surface area contributed by atoms with E-state index < -0.39 is 15.1 Å². The van der Waals surface area contributed by atoms with Crippen molar-refractivity contribution >= 4 is 27.3 Å². The molecule has 2 aliphatic rings. The number of carbonyl (C=O) groups is 1. The van der Waals surface area contributed by atoms with Crippen molar-refractivity contribution in [2.24, 2.45) is 0 Å². The Labute approximate surface area is 163 Å². The highest BCUT2D eigenvalue weighted by molar-refractivity contribution is 7.91. The van der Waals surface area contributed by atoms with Gasteiger partial charge in [0, 0.05) is 30.1 Å². The lowest BCUT2D eigenvalue weighted by molar-refractivity contribution is 0.0755. The zero-order valence-corrected chi connectivity index (χ0v) is 16.4. The van der Waals surface area contributed by atoms with Gasteiger partial charge < -0.3 is 9.42 Å². The largest absolute Gasteiger partial charge is 0.360 e. The molecule has 2 aromatic rings. The van der Waals surface area contributed by atoms with Crippen molar-refractivity contribution in [3.8, 4) is 0 Å². The Morgan fingerprint density at radius 2 is 1.96 bits per heavy atom. The lowest BCUT2D eigenvalue weighted by Crippen LogP contribution is -2.34. The minimum absolute atomic E-state index is 0.0886. The number of halogens is 1.